The van der Waals surface area contributed by atoms with Crippen LogP contribution in [0.5, 0.6) is 0 Å². The van der Waals surface area contributed by atoms with Gasteiger partial charge in [-0.1, -0.05) is 6.07 Å². The molecule has 4 rings (SSSR count). The minimum absolute atomic E-state index is 0.206. The van der Waals surface area contributed by atoms with Gasteiger partial charge >= 0.3 is 6.09 Å². The summed E-state index contributed by atoms with van der Waals surface area (Å²) in [5.74, 6) is -0.426. The molecule has 1 aliphatic rings. The van der Waals surface area contributed by atoms with Crippen LogP contribution >= 0.6 is 0 Å². The molecule has 1 aliphatic heterocycles. The van der Waals surface area contributed by atoms with E-state index in [1.807, 2.05) is 0 Å². The third kappa shape index (κ3) is 3.10. The Balaban J connectivity index is 1.55. The summed E-state index contributed by atoms with van der Waals surface area (Å²) in [4.78, 5) is 17.5. The molecule has 1 fully saturated rings. The molecule has 8 nitrogen and oxygen atoms in total. The van der Waals surface area contributed by atoms with E-state index < -0.39 is 11.9 Å². The molecule has 0 N–H and O–H groups in total. The molecule has 3 aromatic rings. The molecule has 0 bridgehead atoms. The normalized spacial score (nSPS) is 16.8. The number of anilines is 1. The summed E-state index contributed by atoms with van der Waals surface area (Å²) in [5, 5.41) is 10.9. The Morgan fingerprint density at radius 2 is 2.19 bits per heavy atom. The van der Waals surface area contributed by atoms with E-state index in [0.29, 0.717) is 29.9 Å². The fourth-order valence-electron chi connectivity index (χ4n) is 2.82. The summed E-state index contributed by atoms with van der Waals surface area (Å²) in [5.41, 5.74) is 2.29. The lowest BCUT2D eigenvalue weighted by molar-refractivity contribution is 0.150. The van der Waals surface area contributed by atoms with E-state index in [1.54, 1.807) is 42.1 Å². The molecule has 9 heteroatoms. The number of rotatable bonds is 4. The maximum atomic E-state index is 14.6. The van der Waals surface area contributed by atoms with Crippen molar-refractivity contribution in [3.8, 4) is 11.1 Å². The van der Waals surface area contributed by atoms with Crippen LogP contribution < -0.4 is 4.90 Å². The highest BCUT2D eigenvalue weighted by Crippen LogP contribution is 2.28. The molecule has 0 spiro atoms. The van der Waals surface area contributed by atoms with E-state index in [4.69, 9.17) is 4.74 Å². The number of carbonyl (C=O) groups excluding carboxylic acids is 1. The van der Waals surface area contributed by atoms with Crippen molar-refractivity contribution in [2.24, 2.45) is 0 Å². The largest absolute Gasteiger partial charge is 0.444 e. The van der Waals surface area contributed by atoms with Crippen LogP contribution in [0.1, 0.15) is 12.6 Å². The summed E-state index contributed by atoms with van der Waals surface area (Å²) in [6.07, 6.45) is 2.43. The number of cyclic esters (lactones) is 1. The zero-order valence-electron chi connectivity index (χ0n) is 13.9. The van der Waals surface area contributed by atoms with Crippen molar-refractivity contribution in [2.45, 2.75) is 19.6 Å². The van der Waals surface area contributed by atoms with Crippen molar-refractivity contribution in [2.75, 3.05) is 11.4 Å². The first kappa shape index (κ1) is 16.1. The van der Waals surface area contributed by atoms with Crippen LogP contribution in [0, 0.1) is 5.82 Å². The molecule has 1 amide bonds. The molecule has 26 heavy (non-hydrogen) atoms. The number of pyridine rings is 1. The number of hydrogen-bond acceptors (Lipinski definition) is 6. The molecule has 132 valence electrons. The first-order chi connectivity index (χ1) is 12.6. The van der Waals surface area contributed by atoms with E-state index in [9.17, 15) is 9.18 Å². The zero-order valence-corrected chi connectivity index (χ0v) is 13.9. The van der Waals surface area contributed by atoms with Gasteiger partial charge in [0, 0.05) is 17.3 Å². The van der Waals surface area contributed by atoms with Crippen molar-refractivity contribution in [1.29, 1.82) is 0 Å². The highest BCUT2D eigenvalue weighted by Gasteiger charge is 2.29. The quantitative estimate of drug-likeness (QED) is 0.714. The van der Waals surface area contributed by atoms with E-state index >= 15 is 0 Å². The Bertz CT molecular complexity index is 929. The van der Waals surface area contributed by atoms with Gasteiger partial charge in [-0.3, -0.25) is 9.88 Å². The number of amides is 1. The van der Waals surface area contributed by atoms with Gasteiger partial charge in [0.1, 0.15) is 18.2 Å². The van der Waals surface area contributed by atoms with E-state index in [0.717, 1.165) is 5.69 Å². The van der Waals surface area contributed by atoms with Gasteiger partial charge in [-0.05, 0) is 41.6 Å². The second kappa shape index (κ2) is 6.51. The zero-order chi connectivity index (χ0) is 18.1. The van der Waals surface area contributed by atoms with Gasteiger partial charge < -0.3 is 4.74 Å². The van der Waals surface area contributed by atoms with Crippen LogP contribution in [0.4, 0.5) is 14.9 Å². The van der Waals surface area contributed by atoms with Crippen molar-refractivity contribution < 1.29 is 13.9 Å². The van der Waals surface area contributed by atoms with Crippen LogP contribution in [0.2, 0.25) is 0 Å². The fraction of sp³-hybridized carbons (Fsp3) is 0.235. The minimum atomic E-state index is -0.460. The summed E-state index contributed by atoms with van der Waals surface area (Å²) in [6.45, 7) is 2.64. The molecular weight excluding hydrogens is 339 g/mol. The second-order valence-electron chi connectivity index (χ2n) is 6.01. The number of hydrogen-bond donors (Lipinski definition) is 0. The summed E-state index contributed by atoms with van der Waals surface area (Å²) in [6, 6.07) is 8.26. The van der Waals surface area contributed by atoms with Crippen LogP contribution in [0.3, 0.4) is 0 Å². The lowest BCUT2D eigenvalue weighted by Crippen LogP contribution is -2.24. The molecule has 0 aliphatic carbocycles. The van der Waals surface area contributed by atoms with Gasteiger partial charge in [0.25, 0.3) is 0 Å². The maximum absolute atomic E-state index is 14.6. The van der Waals surface area contributed by atoms with Gasteiger partial charge in [0.15, 0.2) is 0 Å². The van der Waals surface area contributed by atoms with E-state index in [2.05, 4.69) is 20.5 Å². The summed E-state index contributed by atoms with van der Waals surface area (Å²) in [7, 11) is 0. The second-order valence-corrected chi connectivity index (χ2v) is 6.01. The van der Waals surface area contributed by atoms with Gasteiger partial charge in [-0.2, -0.15) is 0 Å². The van der Waals surface area contributed by atoms with Gasteiger partial charge in [-0.15, -0.1) is 5.10 Å². The Morgan fingerprint density at radius 3 is 2.81 bits per heavy atom. The van der Waals surface area contributed by atoms with Crippen LogP contribution in [0.15, 0.2) is 42.9 Å². The van der Waals surface area contributed by atoms with Gasteiger partial charge in [-0.25, -0.2) is 13.9 Å². The average Bonchev–Trinajstić information content (AvgIpc) is 3.25. The topological polar surface area (TPSA) is 86.0 Å². The monoisotopic (exact) mass is 354 g/mol. The number of benzene rings is 1. The molecule has 1 aromatic carbocycles. The summed E-state index contributed by atoms with van der Waals surface area (Å²) >= 11 is 0. The fourth-order valence-corrected chi connectivity index (χ4v) is 2.82. The van der Waals surface area contributed by atoms with Crippen molar-refractivity contribution in [1.82, 2.24) is 25.2 Å². The molecule has 3 heterocycles. The number of tetrazole rings is 1. The molecule has 1 atom stereocenters. The summed E-state index contributed by atoms with van der Waals surface area (Å²) < 4.78 is 21.2. The van der Waals surface area contributed by atoms with Crippen LogP contribution in [-0.2, 0) is 11.3 Å². The maximum Gasteiger partial charge on any atom is 0.414 e. The predicted molar refractivity (Wildman–Crippen MR) is 89.8 cm³/mol. The lowest BCUT2D eigenvalue weighted by atomic mass is 10.1. The minimum Gasteiger partial charge on any atom is -0.444 e. The first-order valence-electron chi connectivity index (χ1n) is 8.04. The Hall–Kier alpha value is -3.36. The smallest absolute Gasteiger partial charge is 0.414 e. The molecular formula is C17H15FN6O2. The Morgan fingerprint density at radius 1 is 1.31 bits per heavy atom. The predicted octanol–water partition coefficient (Wildman–Crippen LogP) is 2.27. The Labute approximate surface area is 148 Å². The molecule has 0 unspecified atom stereocenters. The van der Waals surface area contributed by atoms with E-state index in [1.165, 1.54) is 17.3 Å². The number of nitrogens with zero attached hydrogens (tertiary/aromatic N) is 6. The lowest BCUT2D eigenvalue weighted by Gasteiger charge is -2.14. The van der Waals surface area contributed by atoms with Crippen LogP contribution in [-0.4, -0.2) is 43.9 Å². The molecule has 0 saturated carbocycles. The van der Waals surface area contributed by atoms with Crippen LogP contribution in [0.25, 0.3) is 11.1 Å². The molecule has 2 aromatic heterocycles. The number of ether oxygens (including phenoxy) is 1. The number of aromatic nitrogens is 5. The first-order valence-corrected chi connectivity index (χ1v) is 8.04. The van der Waals surface area contributed by atoms with Gasteiger partial charge in [0.05, 0.1) is 24.5 Å². The standard InChI is InChI=1S/C17H15FN6O2/c1-11-8-24(17(25)26-11)14-4-5-15(16(18)6-14)12-2-3-13(19-7-12)9-23-10-20-21-22-23/h2-7,10-11H,8-9H2,1H3/t11-/m0/s1. The third-order valence-corrected chi connectivity index (χ3v) is 4.08. The van der Waals surface area contributed by atoms with Crippen molar-refractivity contribution in [3.63, 3.8) is 0 Å². The average molecular weight is 354 g/mol. The third-order valence-electron chi connectivity index (χ3n) is 4.08. The highest BCUT2D eigenvalue weighted by atomic mass is 19.1. The van der Waals surface area contributed by atoms with Crippen molar-refractivity contribution >= 4 is 11.8 Å². The SMILES string of the molecule is C[C@H]1CN(c2ccc(-c3ccc(Cn4cnnn4)nc3)c(F)c2)C(=O)O1. The number of halogens is 1. The number of carbonyl (C=O) groups is 1. The van der Waals surface area contributed by atoms with Crippen molar-refractivity contribution in [3.05, 3.63) is 54.4 Å². The molecule has 1 saturated heterocycles. The van der Waals surface area contributed by atoms with E-state index in [-0.39, 0.29) is 6.10 Å². The van der Waals surface area contributed by atoms with Gasteiger partial charge in [0.2, 0.25) is 0 Å². The molecule has 0 radical (unpaired) electrons. The Kier molecular flexibility index (Phi) is 4.04. The highest BCUT2D eigenvalue weighted by molar-refractivity contribution is 5.90.